The number of thiophene rings is 1. The average molecular weight is 307 g/mol. The Morgan fingerprint density at radius 2 is 2.33 bits per heavy atom. The van der Waals surface area contributed by atoms with Crippen LogP contribution in [0, 0.1) is 0 Å². The van der Waals surface area contributed by atoms with Crippen LogP contribution in [0.15, 0.2) is 32.7 Å². The molecule has 0 saturated heterocycles. The van der Waals surface area contributed by atoms with Crippen molar-refractivity contribution in [1.82, 2.24) is 5.32 Å². The summed E-state index contributed by atoms with van der Waals surface area (Å²) in [5.74, 6) is 0.849. The van der Waals surface area contributed by atoms with Crippen LogP contribution in [-0.2, 0) is 0 Å². The lowest BCUT2D eigenvalue weighted by molar-refractivity contribution is 0.464. The molecule has 0 radical (unpaired) electrons. The summed E-state index contributed by atoms with van der Waals surface area (Å²) in [6, 6.07) is 3.77. The summed E-state index contributed by atoms with van der Waals surface area (Å²) < 4.78 is 6.39. The molecule has 0 bridgehead atoms. The molecule has 2 nitrogen and oxygen atoms in total. The van der Waals surface area contributed by atoms with Crippen LogP contribution in [0.3, 0.4) is 0 Å². The van der Waals surface area contributed by atoms with Gasteiger partial charge in [-0.2, -0.15) is 0 Å². The van der Waals surface area contributed by atoms with Crippen LogP contribution in [0.1, 0.15) is 16.7 Å². The lowest BCUT2D eigenvalue weighted by Gasteiger charge is -2.13. The van der Waals surface area contributed by atoms with Gasteiger partial charge in [0.05, 0.1) is 15.8 Å². The van der Waals surface area contributed by atoms with Gasteiger partial charge < -0.3 is 9.73 Å². The van der Waals surface area contributed by atoms with E-state index in [0.717, 1.165) is 20.1 Å². The Balaban J connectivity index is 2.41. The van der Waals surface area contributed by atoms with Crippen molar-refractivity contribution in [2.75, 3.05) is 7.05 Å². The van der Waals surface area contributed by atoms with Gasteiger partial charge in [-0.15, -0.1) is 11.3 Å². The molecule has 0 aliphatic rings. The van der Waals surface area contributed by atoms with Crippen molar-refractivity contribution in [3.63, 3.8) is 0 Å². The number of hydrogen-bond donors (Lipinski definition) is 1. The Morgan fingerprint density at radius 3 is 2.80 bits per heavy atom. The number of nitrogens with one attached hydrogen (secondary N) is 1. The standard InChI is InChI=1S/C10H9BrClNOS/c1-13-8(9-6(11)2-4-14-9)10-7(12)3-5-15-10/h2-5,8,13H,1H3. The third-order valence-corrected chi connectivity index (χ3v) is 4.18. The fourth-order valence-corrected chi connectivity index (χ4v) is 3.11. The molecular formula is C10H9BrClNOS. The highest BCUT2D eigenvalue weighted by molar-refractivity contribution is 9.10. The number of hydrogen-bond acceptors (Lipinski definition) is 3. The van der Waals surface area contributed by atoms with E-state index < -0.39 is 0 Å². The molecule has 1 atom stereocenters. The van der Waals surface area contributed by atoms with Gasteiger partial charge in [-0.1, -0.05) is 11.6 Å². The second kappa shape index (κ2) is 4.70. The van der Waals surface area contributed by atoms with Gasteiger partial charge in [0.2, 0.25) is 0 Å². The molecule has 0 fully saturated rings. The summed E-state index contributed by atoms with van der Waals surface area (Å²) in [6.07, 6.45) is 1.66. The van der Waals surface area contributed by atoms with Gasteiger partial charge in [-0.3, -0.25) is 0 Å². The van der Waals surface area contributed by atoms with Crippen LogP contribution in [0.25, 0.3) is 0 Å². The van der Waals surface area contributed by atoms with Gasteiger partial charge in [0.15, 0.2) is 0 Å². The van der Waals surface area contributed by atoms with Gasteiger partial charge in [0.1, 0.15) is 11.8 Å². The molecule has 5 heteroatoms. The first kappa shape index (κ1) is 11.2. The molecule has 1 N–H and O–H groups in total. The van der Waals surface area contributed by atoms with Gasteiger partial charge in [-0.25, -0.2) is 0 Å². The van der Waals surface area contributed by atoms with Gasteiger partial charge >= 0.3 is 0 Å². The van der Waals surface area contributed by atoms with Crippen molar-refractivity contribution in [3.05, 3.63) is 43.9 Å². The quantitative estimate of drug-likeness (QED) is 0.925. The first-order valence-corrected chi connectivity index (χ1v) is 6.42. The average Bonchev–Trinajstić information content (AvgIpc) is 2.80. The predicted octanol–water partition coefficient (Wildman–Crippen LogP) is 4.07. The largest absolute Gasteiger partial charge is 0.466 e. The molecule has 0 spiro atoms. The summed E-state index contributed by atoms with van der Waals surface area (Å²) in [6.45, 7) is 0. The lowest BCUT2D eigenvalue weighted by atomic mass is 10.2. The first-order valence-electron chi connectivity index (χ1n) is 4.37. The van der Waals surface area contributed by atoms with E-state index in [4.69, 9.17) is 16.0 Å². The Labute approximate surface area is 105 Å². The van der Waals surface area contributed by atoms with Gasteiger partial charge in [0.25, 0.3) is 0 Å². The zero-order chi connectivity index (χ0) is 10.8. The molecule has 0 amide bonds. The molecule has 2 aromatic rings. The Morgan fingerprint density at radius 1 is 1.53 bits per heavy atom. The maximum atomic E-state index is 6.10. The van der Waals surface area contributed by atoms with Gasteiger partial charge in [-0.05, 0) is 40.5 Å². The van der Waals surface area contributed by atoms with Gasteiger partial charge in [0, 0.05) is 4.88 Å². The summed E-state index contributed by atoms with van der Waals surface area (Å²) in [5, 5.41) is 5.93. The van der Waals surface area contributed by atoms with Crippen molar-refractivity contribution in [3.8, 4) is 0 Å². The molecule has 0 aliphatic carbocycles. The van der Waals surface area contributed by atoms with Crippen LogP contribution in [-0.4, -0.2) is 7.05 Å². The van der Waals surface area contributed by atoms with E-state index in [1.54, 1.807) is 17.6 Å². The minimum Gasteiger partial charge on any atom is -0.466 e. The third kappa shape index (κ3) is 2.13. The molecule has 0 aliphatic heterocycles. The fraction of sp³-hybridized carbons (Fsp3) is 0.200. The summed E-state index contributed by atoms with van der Waals surface area (Å²) in [5.41, 5.74) is 0. The molecule has 80 valence electrons. The van der Waals surface area contributed by atoms with E-state index in [-0.39, 0.29) is 6.04 Å². The predicted molar refractivity (Wildman–Crippen MR) is 66.6 cm³/mol. The van der Waals surface area contributed by atoms with Crippen molar-refractivity contribution in [2.45, 2.75) is 6.04 Å². The summed E-state index contributed by atoms with van der Waals surface area (Å²) in [4.78, 5) is 1.06. The maximum Gasteiger partial charge on any atom is 0.140 e. The molecule has 2 heterocycles. The van der Waals surface area contributed by atoms with Crippen LogP contribution in [0.4, 0.5) is 0 Å². The van der Waals surface area contributed by atoms with E-state index in [0.29, 0.717) is 0 Å². The molecule has 2 rings (SSSR count). The highest BCUT2D eigenvalue weighted by Gasteiger charge is 2.21. The summed E-state index contributed by atoms with van der Waals surface area (Å²) >= 11 is 11.2. The molecular weight excluding hydrogens is 298 g/mol. The van der Waals surface area contributed by atoms with E-state index in [2.05, 4.69) is 21.2 Å². The smallest absolute Gasteiger partial charge is 0.140 e. The second-order valence-corrected chi connectivity index (χ2v) is 5.20. The van der Waals surface area contributed by atoms with Crippen molar-refractivity contribution in [1.29, 1.82) is 0 Å². The topological polar surface area (TPSA) is 25.2 Å². The van der Waals surface area contributed by atoms with Crippen molar-refractivity contribution < 1.29 is 4.42 Å². The highest BCUT2D eigenvalue weighted by atomic mass is 79.9. The SMILES string of the molecule is CNC(c1occc1Br)c1sccc1Cl. The normalized spacial score (nSPS) is 13.0. The zero-order valence-electron chi connectivity index (χ0n) is 7.96. The molecule has 0 aromatic carbocycles. The van der Waals surface area contributed by atoms with E-state index >= 15 is 0 Å². The minimum atomic E-state index is 0.00174. The molecule has 0 saturated carbocycles. The Kier molecular flexibility index (Phi) is 3.51. The molecule has 1 unspecified atom stereocenters. The van der Waals surface area contributed by atoms with Crippen LogP contribution in [0.2, 0.25) is 5.02 Å². The summed E-state index contributed by atoms with van der Waals surface area (Å²) in [7, 11) is 1.88. The highest BCUT2D eigenvalue weighted by Crippen LogP contribution is 2.35. The zero-order valence-corrected chi connectivity index (χ0v) is 11.1. The van der Waals surface area contributed by atoms with E-state index in [1.807, 2.05) is 24.6 Å². The van der Waals surface area contributed by atoms with E-state index in [9.17, 15) is 0 Å². The lowest BCUT2D eigenvalue weighted by Crippen LogP contribution is -2.16. The van der Waals surface area contributed by atoms with Crippen LogP contribution in [0.5, 0.6) is 0 Å². The third-order valence-electron chi connectivity index (χ3n) is 2.10. The second-order valence-electron chi connectivity index (χ2n) is 2.99. The minimum absolute atomic E-state index is 0.00174. The number of furan rings is 1. The monoisotopic (exact) mass is 305 g/mol. The van der Waals surface area contributed by atoms with E-state index in [1.165, 1.54) is 0 Å². The van der Waals surface area contributed by atoms with Crippen LogP contribution >= 0.6 is 38.9 Å². The Bertz CT molecular complexity index is 413. The first-order chi connectivity index (χ1) is 7.24. The Hall–Kier alpha value is -0.290. The molecule has 15 heavy (non-hydrogen) atoms. The maximum absolute atomic E-state index is 6.10. The molecule has 2 aromatic heterocycles. The number of halogens is 2. The van der Waals surface area contributed by atoms with Crippen LogP contribution < -0.4 is 5.32 Å². The number of rotatable bonds is 3. The van der Waals surface area contributed by atoms with Crippen molar-refractivity contribution in [2.24, 2.45) is 0 Å². The fourth-order valence-electron chi connectivity index (χ4n) is 1.40. The van der Waals surface area contributed by atoms with Crippen molar-refractivity contribution >= 4 is 38.9 Å².